The molecule has 0 heterocycles. The van der Waals surface area contributed by atoms with E-state index in [-0.39, 0.29) is 16.6 Å². The van der Waals surface area contributed by atoms with Crippen molar-refractivity contribution in [3.05, 3.63) is 34.6 Å². The summed E-state index contributed by atoms with van der Waals surface area (Å²) in [6.45, 7) is 1.85. The van der Waals surface area contributed by atoms with E-state index >= 15 is 0 Å². The maximum absolute atomic E-state index is 13.5. The van der Waals surface area contributed by atoms with E-state index in [1.165, 1.54) is 12.1 Å². The van der Waals surface area contributed by atoms with Crippen LogP contribution in [-0.2, 0) is 0 Å². The summed E-state index contributed by atoms with van der Waals surface area (Å²) in [5.41, 5.74) is -0.0322. The molecule has 0 aromatic heterocycles. The van der Waals surface area contributed by atoms with Gasteiger partial charge in [-0.3, -0.25) is 4.79 Å². The molecule has 2 nitrogen and oxygen atoms in total. The van der Waals surface area contributed by atoms with Crippen molar-refractivity contribution in [1.82, 2.24) is 5.32 Å². The zero-order valence-corrected chi connectivity index (χ0v) is 11.0. The Morgan fingerprint density at radius 3 is 2.88 bits per heavy atom. The van der Waals surface area contributed by atoms with Crippen LogP contribution >= 0.6 is 23.2 Å². The SMILES string of the molecule is CC(CCCCl)NC(=O)c1cccc(Cl)c1F. The van der Waals surface area contributed by atoms with Crippen molar-refractivity contribution in [3.63, 3.8) is 0 Å². The van der Waals surface area contributed by atoms with Gasteiger partial charge in [0, 0.05) is 11.9 Å². The molecule has 0 aliphatic carbocycles. The van der Waals surface area contributed by atoms with E-state index < -0.39 is 11.7 Å². The molecule has 1 atom stereocenters. The predicted octanol–water partition coefficient (Wildman–Crippen LogP) is 3.62. The highest BCUT2D eigenvalue weighted by molar-refractivity contribution is 6.31. The number of halogens is 3. The molecule has 0 aliphatic rings. The van der Waals surface area contributed by atoms with Gasteiger partial charge in [0.25, 0.3) is 5.91 Å². The second-order valence-electron chi connectivity index (χ2n) is 3.81. The number of carbonyl (C=O) groups is 1. The van der Waals surface area contributed by atoms with Gasteiger partial charge in [0.1, 0.15) is 0 Å². The lowest BCUT2D eigenvalue weighted by molar-refractivity contribution is 0.0934. The van der Waals surface area contributed by atoms with Gasteiger partial charge < -0.3 is 5.32 Å². The fourth-order valence-corrected chi connectivity index (χ4v) is 1.77. The second kappa shape index (κ2) is 6.82. The topological polar surface area (TPSA) is 29.1 Å². The van der Waals surface area contributed by atoms with E-state index in [9.17, 15) is 9.18 Å². The molecule has 0 spiro atoms. The van der Waals surface area contributed by atoms with Crippen LogP contribution in [-0.4, -0.2) is 17.8 Å². The van der Waals surface area contributed by atoms with Gasteiger partial charge in [-0.2, -0.15) is 0 Å². The van der Waals surface area contributed by atoms with Crippen molar-refractivity contribution in [2.45, 2.75) is 25.8 Å². The van der Waals surface area contributed by atoms with E-state index in [2.05, 4.69) is 5.32 Å². The first-order chi connectivity index (χ1) is 8.06. The van der Waals surface area contributed by atoms with Gasteiger partial charge in [-0.1, -0.05) is 17.7 Å². The molecule has 1 amide bonds. The standard InChI is InChI=1S/C12H14Cl2FNO/c1-8(4-3-7-13)16-12(17)9-5-2-6-10(14)11(9)15/h2,5-6,8H,3-4,7H2,1H3,(H,16,17). The molecule has 0 bridgehead atoms. The summed E-state index contributed by atoms with van der Waals surface area (Å²) < 4.78 is 13.5. The molecule has 0 saturated carbocycles. The number of hydrogen-bond donors (Lipinski definition) is 1. The summed E-state index contributed by atoms with van der Waals surface area (Å²) in [6, 6.07) is 4.32. The van der Waals surface area contributed by atoms with E-state index in [4.69, 9.17) is 23.2 Å². The Kier molecular flexibility index (Phi) is 5.72. The van der Waals surface area contributed by atoms with Gasteiger partial charge in [-0.15, -0.1) is 11.6 Å². The highest BCUT2D eigenvalue weighted by Crippen LogP contribution is 2.17. The van der Waals surface area contributed by atoms with E-state index in [1.54, 1.807) is 6.07 Å². The number of carbonyl (C=O) groups excluding carboxylic acids is 1. The fraction of sp³-hybridized carbons (Fsp3) is 0.417. The fourth-order valence-electron chi connectivity index (χ4n) is 1.44. The van der Waals surface area contributed by atoms with Gasteiger partial charge in [0.2, 0.25) is 0 Å². The molecule has 94 valence electrons. The summed E-state index contributed by atoms with van der Waals surface area (Å²) in [7, 11) is 0. The third kappa shape index (κ3) is 4.17. The van der Waals surface area contributed by atoms with Crippen LogP contribution in [0.3, 0.4) is 0 Å². The lowest BCUT2D eigenvalue weighted by atomic mass is 10.1. The highest BCUT2D eigenvalue weighted by Gasteiger charge is 2.15. The summed E-state index contributed by atoms with van der Waals surface area (Å²) in [5.74, 6) is -0.588. The zero-order valence-electron chi connectivity index (χ0n) is 9.47. The van der Waals surface area contributed by atoms with Crippen molar-refractivity contribution in [3.8, 4) is 0 Å². The number of benzene rings is 1. The van der Waals surface area contributed by atoms with Gasteiger partial charge in [-0.25, -0.2) is 4.39 Å². The summed E-state index contributed by atoms with van der Waals surface area (Å²) >= 11 is 11.2. The molecule has 0 fully saturated rings. The molecule has 1 aromatic rings. The first-order valence-electron chi connectivity index (χ1n) is 5.37. The first kappa shape index (κ1) is 14.3. The second-order valence-corrected chi connectivity index (χ2v) is 4.59. The maximum Gasteiger partial charge on any atom is 0.254 e. The van der Waals surface area contributed by atoms with E-state index in [1.807, 2.05) is 6.92 Å². The molecule has 1 aromatic carbocycles. The summed E-state index contributed by atoms with van der Waals surface area (Å²) in [5, 5.41) is 2.65. The third-order valence-corrected chi connectivity index (χ3v) is 2.90. The van der Waals surface area contributed by atoms with Crippen LogP contribution in [0.1, 0.15) is 30.1 Å². The largest absolute Gasteiger partial charge is 0.349 e. The molecule has 1 rings (SSSR count). The minimum Gasteiger partial charge on any atom is -0.349 e. The minimum absolute atomic E-state index is 0.0322. The molecule has 5 heteroatoms. The average Bonchev–Trinajstić information content (AvgIpc) is 2.29. The highest BCUT2D eigenvalue weighted by atomic mass is 35.5. The number of alkyl halides is 1. The minimum atomic E-state index is -0.684. The van der Waals surface area contributed by atoms with Crippen LogP contribution in [0.5, 0.6) is 0 Å². The molecule has 0 aliphatic heterocycles. The van der Waals surface area contributed by atoms with Crippen molar-refractivity contribution in [1.29, 1.82) is 0 Å². The number of hydrogen-bond acceptors (Lipinski definition) is 1. The normalized spacial score (nSPS) is 12.2. The Hall–Kier alpha value is -0.800. The van der Waals surface area contributed by atoms with Crippen molar-refractivity contribution < 1.29 is 9.18 Å². The Balaban J connectivity index is 2.67. The Morgan fingerprint density at radius 2 is 2.24 bits per heavy atom. The Morgan fingerprint density at radius 1 is 1.53 bits per heavy atom. The number of nitrogens with one attached hydrogen (secondary N) is 1. The first-order valence-corrected chi connectivity index (χ1v) is 6.28. The van der Waals surface area contributed by atoms with E-state index in [0.29, 0.717) is 5.88 Å². The lowest BCUT2D eigenvalue weighted by Crippen LogP contribution is -2.33. The van der Waals surface area contributed by atoms with Crippen LogP contribution in [0.2, 0.25) is 5.02 Å². The predicted molar refractivity (Wildman–Crippen MR) is 68.3 cm³/mol. The van der Waals surface area contributed by atoms with Gasteiger partial charge >= 0.3 is 0 Å². The molecule has 1 unspecified atom stereocenters. The third-order valence-electron chi connectivity index (χ3n) is 2.34. The van der Waals surface area contributed by atoms with Gasteiger partial charge in [0.05, 0.1) is 10.6 Å². The van der Waals surface area contributed by atoms with Crippen molar-refractivity contribution >= 4 is 29.1 Å². The lowest BCUT2D eigenvalue weighted by Gasteiger charge is -2.13. The van der Waals surface area contributed by atoms with Crippen LogP contribution in [0.25, 0.3) is 0 Å². The average molecular weight is 278 g/mol. The number of amides is 1. The molecule has 17 heavy (non-hydrogen) atoms. The summed E-state index contributed by atoms with van der Waals surface area (Å²) in [6.07, 6.45) is 1.57. The van der Waals surface area contributed by atoms with E-state index in [0.717, 1.165) is 12.8 Å². The van der Waals surface area contributed by atoms with Crippen LogP contribution in [0.4, 0.5) is 4.39 Å². The summed E-state index contributed by atoms with van der Waals surface area (Å²) in [4.78, 5) is 11.7. The monoisotopic (exact) mass is 277 g/mol. The molecular weight excluding hydrogens is 264 g/mol. The van der Waals surface area contributed by atoms with Crippen molar-refractivity contribution in [2.24, 2.45) is 0 Å². The molecule has 0 saturated heterocycles. The van der Waals surface area contributed by atoms with Crippen LogP contribution in [0, 0.1) is 5.82 Å². The van der Waals surface area contributed by atoms with Crippen LogP contribution < -0.4 is 5.32 Å². The van der Waals surface area contributed by atoms with Crippen molar-refractivity contribution in [2.75, 3.05) is 5.88 Å². The van der Waals surface area contributed by atoms with Gasteiger partial charge in [0.15, 0.2) is 5.82 Å². The quantitative estimate of drug-likeness (QED) is 0.819. The Labute approximate surface area is 110 Å². The molecular formula is C12H14Cl2FNO. The molecule has 0 radical (unpaired) electrons. The maximum atomic E-state index is 13.5. The molecule has 1 N–H and O–H groups in total. The zero-order chi connectivity index (χ0) is 12.8. The van der Waals surface area contributed by atoms with Gasteiger partial charge in [-0.05, 0) is 31.9 Å². The Bertz CT molecular complexity index is 398. The van der Waals surface area contributed by atoms with Crippen LogP contribution in [0.15, 0.2) is 18.2 Å². The smallest absolute Gasteiger partial charge is 0.254 e. The number of rotatable bonds is 5.